The summed E-state index contributed by atoms with van der Waals surface area (Å²) >= 11 is 0. The van der Waals surface area contributed by atoms with Crippen LogP contribution in [0.3, 0.4) is 0 Å². The van der Waals surface area contributed by atoms with Gasteiger partial charge in [0.25, 0.3) is 0 Å². The number of hydrogen-bond donors (Lipinski definition) is 0. The Bertz CT molecular complexity index is 586. The first-order chi connectivity index (χ1) is 15.8. The third-order valence-corrected chi connectivity index (χ3v) is 3.97. The summed E-state index contributed by atoms with van der Waals surface area (Å²) in [5.74, 6) is 0.0756. The molecule has 0 bridgehead atoms. The second kappa shape index (κ2) is 34.7. The Morgan fingerprint density at radius 1 is 1.03 bits per heavy atom. The Morgan fingerprint density at radius 2 is 1.67 bits per heavy atom. The third kappa shape index (κ3) is 28.0. The molecule has 0 heterocycles. The van der Waals surface area contributed by atoms with Crippen LogP contribution in [0.5, 0.6) is 0 Å². The van der Waals surface area contributed by atoms with Gasteiger partial charge in [0.15, 0.2) is 0 Å². The van der Waals surface area contributed by atoms with Crippen LogP contribution in [0.1, 0.15) is 57.4 Å². The minimum Gasteiger partial charge on any atom is 0 e. The molecule has 1 aromatic carbocycles. The maximum absolute atomic E-state index is 11.8. The Labute approximate surface area is 208 Å². The molecule has 1 rings (SSSR count). The standard InChI is InChI=1S/C22H30O4.3CO.Fe/c1-2-3-5-15-22(26-19-23)16-10-14-21(24)13-8-9-17-25-18-20-11-6-4-7-12-20;3*1-2;/h4,6-7,10-12,14,16,22H,2-3,5,8-9,13,15,17-18H2,1H3;;;;/q-1;;;;. The summed E-state index contributed by atoms with van der Waals surface area (Å²) in [6.45, 7) is 18.4. The Balaban J connectivity index is -0.000000553. The number of ketones is 1. The van der Waals surface area contributed by atoms with Gasteiger partial charge in [-0.1, -0.05) is 56.6 Å². The largest absolute Gasteiger partial charge is 0 e. The summed E-state index contributed by atoms with van der Waals surface area (Å²) in [4.78, 5) is 22.2. The van der Waals surface area contributed by atoms with Crippen LogP contribution in [0.15, 0.2) is 30.3 Å². The van der Waals surface area contributed by atoms with E-state index in [1.807, 2.05) is 30.3 Å². The molecule has 0 aromatic heterocycles. The smallest absolute Gasteiger partial charge is 0 e. The number of carbonyl (C=O) groups excluding carboxylic acids is 2. The zero-order valence-electron chi connectivity index (χ0n) is 18.8. The van der Waals surface area contributed by atoms with Gasteiger partial charge in [-0.25, -0.2) is 0 Å². The van der Waals surface area contributed by atoms with Gasteiger partial charge >= 0.3 is 33.9 Å². The van der Waals surface area contributed by atoms with Crippen molar-refractivity contribution >= 4 is 12.3 Å². The summed E-state index contributed by atoms with van der Waals surface area (Å²) < 4.78 is 33.0. The van der Waals surface area contributed by atoms with Crippen molar-refractivity contribution in [1.82, 2.24) is 0 Å². The molecule has 0 spiro atoms. The maximum atomic E-state index is 11.8. The van der Waals surface area contributed by atoms with Gasteiger partial charge in [0.2, 0.25) is 0 Å². The molecule has 0 aliphatic heterocycles. The summed E-state index contributed by atoms with van der Waals surface area (Å²) in [6.07, 6.45) is 10.8. The number of hydrogen-bond acceptors (Lipinski definition) is 4. The first-order valence-electron chi connectivity index (χ1n) is 10.1. The summed E-state index contributed by atoms with van der Waals surface area (Å²) in [7, 11) is 0. The van der Waals surface area contributed by atoms with Crippen LogP contribution in [-0.4, -0.2) is 25.0 Å². The molecule has 181 valence electrons. The first-order valence-corrected chi connectivity index (χ1v) is 10.1. The number of ether oxygens (including phenoxy) is 2. The Kier molecular flexibility index (Phi) is 40.3. The van der Waals surface area contributed by atoms with Crippen molar-refractivity contribution in [1.29, 1.82) is 0 Å². The molecule has 7 nitrogen and oxygen atoms in total. The molecular formula is C25H30FeO7-. The molecule has 0 N–H and O–H groups in total. The van der Waals surface area contributed by atoms with Crippen molar-refractivity contribution in [3.05, 3.63) is 75.1 Å². The molecule has 0 aliphatic carbocycles. The Morgan fingerprint density at radius 3 is 2.24 bits per heavy atom. The van der Waals surface area contributed by atoms with Crippen LogP contribution in [-0.2, 0) is 56.7 Å². The second-order valence-corrected chi connectivity index (χ2v) is 6.25. The fraction of sp³-hybridized carbons (Fsp3) is 0.440. The summed E-state index contributed by atoms with van der Waals surface area (Å²) in [5, 5.41) is 0. The number of rotatable bonds is 17. The van der Waals surface area contributed by atoms with Gasteiger partial charge in [-0.05, 0) is 37.7 Å². The molecule has 1 aromatic rings. The van der Waals surface area contributed by atoms with Gasteiger partial charge in [0, 0.05) is 42.9 Å². The topological polar surface area (TPSA) is 112 Å². The molecule has 1 atom stereocenters. The monoisotopic (exact) mass is 498 g/mol. The molecule has 33 heavy (non-hydrogen) atoms. The van der Waals surface area contributed by atoms with Crippen molar-refractivity contribution in [2.75, 3.05) is 6.61 Å². The van der Waals surface area contributed by atoms with Crippen molar-refractivity contribution < 1.29 is 50.1 Å². The van der Waals surface area contributed by atoms with E-state index >= 15 is 0 Å². The van der Waals surface area contributed by atoms with E-state index < -0.39 is 0 Å². The van der Waals surface area contributed by atoms with Crippen molar-refractivity contribution in [3.63, 3.8) is 0 Å². The quantitative estimate of drug-likeness (QED) is 0.137. The molecule has 1 unspecified atom stereocenters. The SMILES string of the molecule is CCCCCC([CH][CH][CH]C(=O)CCCCOCc1ccccc1)O[C-]=O.[C-]#[O+].[C-]#[O+].[C-]#[O+].[Fe]. The van der Waals surface area contributed by atoms with Gasteiger partial charge < -0.3 is 14.3 Å². The number of Topliss-reactive ketones (excluding diaryl/α,β-unsaturated/α-hetero) is 1. The number of carbonyl (C=O) groups is 1. The second-order valence-electron chi connectivity index (χ2n) is 6.25. The van der Waals surface area contributed by atoms with Crippen LogP contribution in [0.4, 0.5) is 0 Å². The molecule has 0 saturated carbocycles. The van der Waals surface area contributed by atoms with E-state index in [-0.39, 0.29) is 29.0 Å². The first kappa shape index (κ1) is 38.3. The van der Waals surface area contributed by atoms with Crippen LogP contribution < -0.4 is 0 Å². The Hall–Kier alpha value is -1.94. The third-order valence-electron chi connectivity index (χ3n) is 3.97. The molecule has 3 radical (unpaired) electrons. The van der Waals surface area contributed by atoms with E-state index in [1.54, 1.807) is 19.3 Å². The average molecular weight is 498 g/mol. The molecular weight excluding hydrogens is 468 g/mol. The molecule has 0 fully saturated rings. The van der Waals surface area contributed by atoms with E-state index in [2.05, 4.69) is 26.9 Å². The summed E-state index contributed by atoms with van der Waals surface area (Å²) in [5.41, 5.74) is 1.16. The van der Waals surface area contributed by atoms with Gasteiger partial charge in [0.1, 0.15) is 5.78 Å². The average Bonchev–Trinajstić information content (AvgIpc) is 2.86. The van der Waals surface area contributed by atoms with Crippen molar-refractivity contribution in [3.8, 4) is 0 Å². The van der Waals surface area contributed by atoms with Gasteiger partial charge in [-0.15, -0.1) is 0 Å². The molecule has 0 amide bonds. The van der Waals surface area contributed by atoms with Gasteiger partial charge in [-0.3, -0.25) is 4.79 Å². The van der Waals surface area contributed by atoms with Gasteiger partial charge in [-0.2, -0.15) is 0 Å². The van der Waals surface area contributed by atoms with Gasteiger partial charge in [0.05, 0.1) is 12.7 Å². The minimum absolute atomic E-state index is 0. The van der Waals surface area contributed by atoms with E-state index in [0.717, 1.165) is 44.1 Å². The maximum Gasteiger partial charge on any atom is 0 e. The van der Waals surface area contributed by atoms with E-state index in [1.165, 1.54) is 6.47 Å². The van der Waals surface area contributed by atoms with Crippen molar-refractivity contribution in [2.45, 2.75) is 64.6 Å². The van der Waals surface area contributed by atoms with Crippen LogP contribution in [0, 0.1) is 39.2 Å². The predicted octanol–water partition coefficient (Wildman–Crippen LogP) is 4.47. The molecule has 0 aliphatic rings. The van der Waals surface area contributed by atoms with Crippen molar-refractivity contribution in [2.24, 2.45) is 0 Å². The predicted molar refractivity (Wildman–Crippen MR) is 114 cm³/mol. The zero-order chi connectivity index (χ0) is 24.9. The van der Waals surface area contributed by atoms with E-state index in [4.69, 9.17) is 23.4 Å². The summed E-state index contributed by atoms with van der Waals surface area (Å²) in [6, 6.07) is 10.0. The molecule has 0 saturated heterocycles. The van der Waals surface area contributed by atoms with E-state index in [9.17, 15) is 9.59 Å². The fourth-order valence-corrected chi connectivity index (χ4v) is 2.49. The number of unbranched alkanes of at least 4 members (excludes halogenated alkanes) is 3. The van der Waals surface area contributed by atoms with Crippen LogP contribution in [0.25, 0.3) is 0 Å². The molecule has 8 heteroatoms. The van der Waals surface area contributed by atoms with Crippen LogP contribution in [0.2, 0.25) is 0 Å². The zero-order valence-corrected chi connectivity index (χ0v) is 19.9. The minimum atomic E-state index is -0.297. The van der Waals surface area contributed by atoms with E-state index in [0.29, 0.717) is 19.6 Å². The number of benzene rings is 1. The fourth-order valence-electron chi connectivity index (χ4n) is 2.49. The normalized spacial score (nSPS) is 9.55. The van der Waals surface area contributed by atoms with Crippen LogP contribution >= 0.6 is 0 Å².